The fourth-order valence-corrected chi connectivity index (χ4v) is 6.26. The molecule has 0 aliphatic carbocycles. The summed E-state index contributed by atoms with van der Waals surface area (Å²) in [5, 5.41) is 1.53. The van der Waals surface area contributed by atoms with E-state index in [-0.39, 0.29) is 16.7 Å². The van der Waals surface area contributed by atoms with Gasteiger partial charge in [-0.3, -0.25) is 0 Å². The molecule has 3 nitrogen and oxygen atoms in total. The topological polar surface area (TPSA) is 32.5 Å². The lowest BCUT2D eigenvalue weighted by Crippen LogP contribution is -2.25. The highest BCUT2D eigenvalue weighted by molar-refractivity contribution is 6.31. The Morgan fingerprint density at radius 2 is 1.11 bits per heavy atom. The van der Waals surface area contributed by atoms with Crippen LogP contribution in [0.1, 0.15) is 50.3 Å². The van der Waals surface area contributed by atoms with E-state index >= 15 is 0 Å². The maximum absolute atomic E-state index is 6.40. The van der Waals surface area contributed by atoms with Gasteiger partial charge in [0.05, 0.1) is 0 Å². The minimum Gasteiger partial charge on any atom is -0.399 e. The molecule has 3 aromatic rings. The molecular weight excluding hydrogens is 485 g/mol. The average Bonchev–Trinajstić information content (AvgIpc) is 3.12. The van der Waals surface area contributed by atoms with Crippen LogP contribution in [-0.4, -0.2) is 14.1 Å². The molecule has 1 unspecified atom stereocenters. The van der Waals surface area contributed by atoms with Crippen molar-refractivity contribution < 1.29 is 0 Å². The molecule has 3 aromatic carbocycles. The van der Waals surface area contributed by atoms with E-state index in [1.165, 1.54) is 39.5 Å². The first-order chi connectivity index (χ1) is 16.9. The molecule has 5 rings (SSSR count). The van der Waals surface area contributed by atoms with Gasteiger partial charge in [0.2, 0.25) is 0 Å². The van der Waals surface area contributed by atoms with Crippen LogP contribution >= 0.6 is 23.2 Å². The van der Waals surface area contributed by atoms with Gasteiger partial charge in [-0.2, -0.15) is 0 Å². The molecule has 36 heavy (non-hydrogen) atoms. The Hall–Kier alpha value is -2.88. The highest BCUT2D eigenvalue weighted by Crippen LogP contribution is 2.51. The number of benzene rings is 3. The number of fused-ring (bicyclic) bond motifs is 2. The Kier molecular flexibility index (Phi) is 5.93. The third kappa shape index (κ3) is 3.90. The van der Waals surface area contributed by atoms with Crippen LogP contribution in [0.5, 0.6) is 0 Å². The lowest BCUT2D eigenvalue weighted by atomic mass is 9.80. The molecule has 186 valence electrons. The largest absolute Gasteiger partial charge is 0.399 e. The number of rotatable bonds is 3. The number of nitrogen functional groups attached to an aromatic ring is 1. The summed E-state index contributed by atoms with van der Waals surface area (Å²) in [6.07, 6.45) is 4.79. The van der Waals surface area contributed by atoms with Gasteiger partial charge in [-0.05, 0) is 65.2 Å². The summed E-state index contributed by atoms with van der Waals surface area (Å²) in [5.74, 6) is 0.0358. The molecule has 0 aromatic heterocycles. The van der Waals surface area contributed by atoms with Crippen LogP contribution in [0.15, 0.2) is 84.2 Å². The summed E-state index contributed by atoms with van der Waals surface area (Å²) in [6.45, 7) is 9.09. The van der Waals surface area contributed by atoms with Gasteiger partial charge < -0.3 is 15.5 Å². The predicted octanol–water partition coefficient (Wildman–Crippen LogP) is 8.28. The van der Waals surface area contributed by atoms with Crippen molar-refractivity contribution in [3.63, 3.8) is 0 Å². The standard InChI is InChI=1S/C31H33Cl2N3/c1-30(2)24-17-21(32)9-13-26(24)35(5)28(30)15-20(19-7-11-23(34)12-8-19)16-29-31(3,4)25-18-22(33)10-14-27(25)36(29)6/h7-18,20H,34H2,1-6H3/b28-15-,29-16+. The molecule has 2 N–H and O–H groups in total. The number of allylic oxidation sites excluding steroid dienone is 4. The Morgan fingerprint density at radius 3 is 1.53 bits per heavy atom. The summed E-state index contributed by atoms with van der Waals surface area (Å²) in [6, 6.07) is 20.6. The Bertz CT molecular complexity index is 1310. The second kappa shape index (κ2) is 8.61. The van der Waals surface area contributed by atoms with Crippen molar-refractivity contribution in [1.82, 2.24) is 0 Å². The van der Waals surface area contributed by atoms with E-state index in [2.05, 4.69) is 100 Å². The zero-order chi connectivity index (χ0) is 26.0. The first-order valence-electron chi connectivity index (χ1n) is 12.3. The Labute approximate surface area is 224 Å². The van der Waals surface area contributed by atoms with Crippen LogP contribution in [0.3, 0.4) is 0 Å². The molecule has 2 aliphatic heterocycles. The molecule has 0 saturated heterocycles. The summed E-state index contributed by atoms with van der Waals surface area (Å²) < 4.78 is 0. The van der Waals surface area contributed by atoms with Crippen molar-refractivity contribution in [1.29, 1.82) is 0 Å². The molecule has 0 spiro atoms. The fraction of sp³-hybridized carbons (Fsp3) is 0.290. The van der Waals surface area contributed by atoms with Gasteiger partial charge in [0.25, 0.3) is 0 Å². The lowest BCUT2D eigenvalue weighted by Gasteiger charge is -2.28. The molecule has 1 atom stereocenters. The van der Waals surface area contributed by atoms with E-state index in [1.54, 1.807) is 0 Å². The summed E-state index contributed by atoms with van der Waals surface area (Å²) >= 11 is 12.8. The first kappa shape index (κ1) is 24.8. The maximum Gasteiger partial charge on any atom is 0.0448 e. The fourth-order valence-electron chi connectivity index (χ4n) is 5.92. The summed E-state index contributed by atoms with van der Waals surface area (Å²) in [4.78, 5) is 4.60. The van der Waals surface area contributed by atoms with Crippen molar-refractivity contribution in [2.24, 2.45) is 0 Å². The third-order valence-corrected chi connectivity index (χ3v) is 8.46. The molecule has 5 heteroatoms. The third-order valence-electron chi connectivity index (χ3n) is 7.99. The molecule has 0 radical (unpaired) electrons. The lowest BCUT2D eigenvalue weighted by molar-refractivity contribution is 0.627. The van der Waals surface area contributed by atoms with Crippen molar-refractivity contribution in [3.8, 4) is 0 Å². The minimum atomic E-state index is -0.187. The molecule has 0 fully saturated rings. The van der Waals surface area contributed by atoms with Gasteiger partial charge in [-0.15, -0.1) is 0 Å². The highest BCUT2D eigenvalue weighted by Gasteiger charge is 2.41. The monoisotopic (exact) mass is 517 g/mol. The number of halogens is 2. The number of nitrogens with two attached hydrogens (primary N) is 1. The summed E-state index contributed by atoms with van der Waals surface area (Å²) in [7, 11) is 4.29. The van der Waals surface area contributed by atoms with Crippen molar-refractivity contribution in [2.45, 2.75) is 44.4 Å². The van der Waals surface area contributed by atoms with E-state index in [0.29, 0.717) is 0 Å². The van der Waals surface area contributed by atoms with Gasteiger partial charge in [0.15, 0.2) is 0 Å². The zero-order valence-corrected chi connectivity index (χ0v) is 23.2. The number of nitrogens with zero attached hydrogens (tertiary/aromatic N) is 2. The number of hydrogen-bond acceptors (Lipinski definition) is 3. The van der Waals surface area contributed by atoms with Gasteiger partial charge in [0, 0.05) is 69.3 Å². The van der Waals surface area contributed by atoms with Gasteiger partial charge >= 0.3 is 0 Å². The Morgan fingerprint density at radius 1 is 0.694 bits per heavy atom. The van der Waals surface area contributed by atoms with E-state index in [4.69, 9.17) is 28.9 Å². The second-order valence-corrected chi connectivity index (χ2v) is 11.9. The van der Waals surface area contributed by atoms with Crippen LogP contribution < -0.4 is 15.5 Å². The van der Waals surface area contributed by atoms with Gasteiger partial charge in [0.1, 0.15) is 0 Å². The minimum absolute atomic E-state index is 0.0358. The second-order valence-electron chi connectivity index (χ2n) is 11.0. The van der Waals surface area contributed by atoms with E-state index in [0.717, 1.165) is 15.7 Å². The van der Waals surface area contributed by atoms with Crippen LogP contribution in [0, 0.1) is 0 Å². The SMILES string of the molecule is CN1/C(=C\C(/C=C2/N(C)c3ccc(Cl)cc3C2(C)C)c2ccc(N)cc2)C(C)(C)c2cc(Cl)ccc21. The van der Waals surface area contributed by atoms with E-state index in [9.17, 15) is 0 Å². The van der Waals surface area contributed by atoms with E-state index in [1.807, 2.05) is 24.3 Å². The molecule has 0 saturated carbocycles. The van der Waals surface area contributed by atoms with Crippen LogP contribution in [0.4, 0.5) is 17.1 Å². The van der Waals surface area contributed by atoms with Crippen LogP contribution in [0.25, 0.3) is 0 Å². The number of likely N-dealkylation sites (N-methyl/N-ethyl adjacent to an activating group) is 2. The first-order valence-corrected chi connectivity index (χ1v) is 13.0. The van der Waals surface area contributed by atoms with Gasteiger partial charge in [-0.1, -0.05) is 75.2 Å². The normalized spacial score (nSPS) is 20.7. The van der Waals surface area contributed by atoms with Crippen LogP contribution in [0.2, 0.25) is 10.0 Å². The number of hydrogen-bond donors (Lipinski definition) is 1. The summed E-state index contributed by atoms with van der Waals surface area (Å²) in [5.41, 5.74) is 15.0. The number of anilines is 3. The molecule has 0 amide bonds. The van der Waals surface area contributed by atoms with E-state index < -0.39 is 0 Å². The zero-order valence-electron chi connectivity index (χ0n) is 21.7. The molecule has 2 aliphatic rings. The quantitative estimate of drug-likeness (QED) is 0.354. The molecule has 0 bridgehead atoms. The highest BCUT2D eigenvalue weighted by atomic mass is 35.5. The van der Waals surface area contributed by atoms with Gasteiger partial charge in [-0.25, -0.2) is 0 Å². The average molecular weight is 519 g/mol. The maximum atomic E-state index is 6.40. The molecular formula is C31H33Cl2N3. The van der Waals surface area contributed by atoms with Crippen molar-refractivity contribution in [2.75, 3.05) is 29.6 Å². The molecule has 2 heterocycles. The van der Waals surface area contributed by atoms with Crippen molar-refractivity contribution in [3.05, 3.63) is 111 Å². The Balaban J connectivity index is 1.67. The van der Waals surface area contributed by atoms with Crippen LogP contribution in [-0.2, 0) is 10.8 Å². The smallest absolute Gasteiger partial charge is 0.0448 e. The predicted molar refractivity (Wildman–Crippen MR) is 156 cm³/mol. The van der Waals surface area contributed by atoms with Crippen molar-refractivity contribution >= 4 is 40.3 Å².